The quantitative estimate of drug-likeness (QED) is 0.806. The summed E-state index contributed by atoms with van der Waals surface area (Å²) in [6, 6.07) is 8.31. The summed E-state index contributed by atoms with van der Waals surface area (Å²) in [5, 5.41) is 0. The maximum absolute atomic E-state index is 6.05. The third-order valence-corrected chi connectivity index (χ3v) is 6.04. The lowest BCUT2D eigenvalue weighted by Gasteiger charge is -2.31. The van der Waals surface area contributed by atoms with Crippen LogP contribution in [0.4, 0.5) is 5.82 Å². The maximum atomic E-state index is 6.05. The minimum Gasteiger partial charge on any atom is -0.493 e. The molecule has 142 valence electrons. The van der Waals surface area contributed by atoms with Crippen LogP contribution in [-0.2, 0) is 11.2 Å². The molecule has 0 spiro atoms. The fourth-order valence-electron chi connectivity index (χ4n) is 4.57. The molecule has 3 heterocycles. The molecule has 0 radical (unpaired) electrons. The van der Waals surface area contributed by atoms with Gasteiger partial charge in [0.2, 0.25) is 0 Å². The molecule has 2 aliphatic heterocycles. The Morgan fingerprint density at radius 3 is 2.59 bits per heavy atom. The lowest BCUT2D eigenvalue weighted by molar-refractivity contribution is 0.122. The Balaban J connectivity index is 1.66. The average Bonchev–Trinajstić information content (AvgIpc) is 2.94. The van der Waals surface area contributed by atoms with E-state index in [2.05, 4.69) is 23.1 Å². The van der Waals surface area contributed by atoms with Crippen molar-refractivity contribution in [1.82, 2.24) is 9.97 Å². The van der Waals surface area contributed by atoms with Gasteiger partial charge in [-0.2, -0.15) is 0 Å². The highest BCUT2D eigenvalue weighted by atomic mass is 16.5. The molecular formula is C22H27N3O2. The molecule has 0 unspecified atom stereocenters. The average molecular weight is 365 g/mol. The minimum atomic E-state index is 0.486. The summed E-state index contributed by atoms with van der Waals surface area (Å²) in [6.07, 6.45) is 7.18. The van der Waals surface area contributed by atoms with Gasteiger partial charge in [-0.25, -0.2) is 9.97 Å². The summed E-state index contributed by atoms with van der Waals surface area (Å²) < 4.78 is 11.6. The van der Waals surface area contributed by atoms with Crippen LogP contribution in [0.15, 0.2) is 24.3 Å². The molecule has 5 nitrogen and oxygen atoms in total. The zero-order valence-electron chi connectivity index (χ0n) is 15.8. The van der Waals surface area contributed by atoms with Crippen molar-refractivity contribution in [3.63, 3.8) is 0 Å². The Hall–Kier alpha value is -2.14. The van der Waals surface area contributed by atoms with Crippen molar-refractivity contribution < 1.29 is 9.47 Å². The van der Waals surface area contributed by atoms with Gasteiger partial charge in [-0.3, -0.25) is 0 Å². The van der Waals surface area contributed by atoms with Gasteiger partial charge in [0.25, 0.3) is 0 Å². The minimum absolute atomic E-state index is 0.486. The number of nitrogens with zero attached hydrogens (tertiary/aromatic N) is 3. The molecule has 1 aliphatic carbocycles. The fraction of sp³-hybridized carbons (Fsp3) is 0.545. The van der Waals surface area contributed by atoms with E-state index < -0.39 is 0 Å². The number of ether oxygens (including phenoxy) is 2. The van der Waals surface area contributed by atoms with Crippen LogP contribution in [0.1, 0.15) is 49.4 Å². The molecule has 27 heavy (non-hydrogen) atoms. The van der Waals surface area contributed by atoms with E-state index in [4.69, 9.17) is 19.4 Å². The van der Waals surface area contributed by atoms with Crippen LogP contribution in [-0.4, -0.2) is 42.9 Å². The van der Waals surface area contributed by atoms with Crippen LogP contribution in [0, 0.1) is 0 Å². The van der Waals surface area contributed by atoms with Gasteiger partial charge in [0.1, 0.15) is 17.4 Å². The van der Waals surface area contributed by atoms with Gasteiger partial charge in [-0.1, -0.05) is 31.4 Å². The summed E-state index contributed by atoms with van der Waals surface area (Å²) in [5.41, 5.74) is 3.43. The lowest BCUT2D eigenvalue weighted by atomic mass is 9.88. The Labute approximate surface area is 160 Å². The Morgan fingerprint density at radius 2 is 1.74 bits per heavy atom. The number of para-hydroxylation sites is 1. The van der Waals surface area contributed by atoms with Gasteiger partial charge >= 0.3 is 0 Å². The Bertz CT molecular complexity index is 811. The number of hydrogen-bond acceptors (Lipinski definition) is 5. The first-order valence-electron chi connectivity index (χ1n) is 10.4. The molecule has 1 aromatic heterocycles. The van der Waals surface area contributed by atoms with E-state index in [0.717, 1.165) is 61.4 Å². The van der Waals surface area contributed by atoms with Crippen LogP contribution in [0.3, 0.4) is 0 Å². The molecule has 0 atom stereocenters. The molecule has 5 rings (SSSR count). The third-order valence-electron chi connectivity index (χ3n) is 6.04. The van der Waals surface area contributed by atoms with Crippen molar-refractivity contribution in [2.45, 2.75) is 44.4 Å². The van der Waals surface area contributed by atoms with Gasteiger partial charge < -0.3 is 14.4 Å². The number of morpholine rings is 1. The zero-order valence-corrected chi connectivity index (χ0v) is 15.8. The molecule has 2 aromatic rings. The molecule has 5 heteroatoms. The second-order valence-corrected chi connectivity index (χ2v) is 7.76. The number of aromatic nitrogens is 2. The smallest absolute Gasteiger partial charge is 0.136 e. The predicted molar refractivity (Wildman–Crippen MR) is 106 cm³/mol. The second kappa shape index (κ2) is 7.47. The highest BCUT2D eigenvalue weighted by Crippen LogP contribution is 2.40. The van der Waals surface area contributed by atoms with Crippen LogP contribution in [0.5, 0.6) is 5.75 Å². The van der Waals surface area contributed by atoms with E-state index in [0.29, 0.717) is 12.5 Å². The van der Waals surface area contributed by atoms with Gasteiger partial charge in [-0.05, 0) is 25.0 Å². The molecule has 0 N–H and O–H groups in total. The maximum Gasteiger partial charge on any atom is 0.136 e. The highest BCUT2D eigenvalue weighted by molar-refractivity contribution is 5.75. The third kappa shape index (κ3) is 3.29. The second-order valence-electron chi connectivity index (χ2n) is 7.76. The highest BCUT2D eigenvalue weighted by Gasteiger charge is 2.28. The number of anilines is 1. The van der Waals surface area contributed by atoms with E-state index >= 15 is 0 Å². The van der Waals surface area contributed by atoms with Crippen LogP contribution >= 0.6 is 0 Å². The molecular weight excluding hydrogens is 338 g/mol. The zero-order chi connectivity index (χ0) is 18.1. The summed E-state index contributed by atoms with van der Waals surface area (Å²) in [4.78, 5) is 12.7. The predicted octanol–water partition coefficient (Wildman–Crippen LogP) is 3.96. The van der Waals surface area contributed by atoms with Crippen molar-refractivity contribution in [2.24, 2.45) is 0 Å². The van der Waals surface area contributed by atoms with Crippen LogP contribution in [0.25, 0.3) is 11.3 Å². The number of fused-ring (bicyclic) bond motifs is 3. The van der Waals surface area contributed by atoms with Crippen LogP contribution in [0.2, 0.25) is 0 Å². The van der Waals surface area contributed by atoms with Crippen molar-refractivity contribution in [2.75, 3.05) is 37.8 Å². The first kappa shape index (κ1) is 17.0. The molecule has 1 saturated heterocycles. The molecule has 1 saturated carbocycles. The van der Waals surface area contributed by atoms with Gasteiger partial charge in [0.05, 0.1) is 25.5 Å². The molecule has 2 fully saturated rings. The summed E-state index contributed by atoms with van der Waals surface area (Å²) >= 11 is 0. The molecule has 0 bridgehead atoms. The van der Waals surface area contributed by atoms with E-state index in [1.54, 1.807) is 0 Å². The van der Waals surface area contributed by atoms with E-state index in [-0.39, 0.29) is 0 Å². The lowest BCUT2D eigenvalue weighted by Crippen LogP contribution is -2.38. The molecule has 3 aliphatic rings. The van der Waals surface area contributed by atoms with Crippen molar-refractivity contribution in [3.05, 3.63) is 35.7 Å². The van der Waals surface area contributed by atoms with Crippen molar-refractivity contribution in [3.8, 4) is 17.0 Å². The van der Waals surface area contributed by atoms with Gasteiger partial charge in [0.15, 0.2) is 0 Å². The summed E-state index contributed by atoms with van der Waals surface area (Å²) in [5.74, 6) is 3.58. The standard InChI is InChI=1S/C22H27N3O2/c1-2-6-16(7-3-1)21-23-20-17-8-4-5-9-19(17)27-13-10-18(20)22(24-21)25-11-14-26-15-12-25/h4-5,8-9,16H,1-3,6-7,10-15H2. The first-order chi connectivity index (χ1) is 13.4. The Kier molecular flexibility index (Phi) is 4.70. The SMILES string of the molecule is c1ccc2c(c1)OCCc1c-2nc(C2CCCCC2)nc1N1CCOCC1. The number of hydrogen-bond donors (Lipinski definition) is 0. The summed E-state index contributed by atoms with van der Waals surface area (Å²) in [6.45, 7) is 4.01. The van der Waals surface area contributed by atoms with E-state index in [1.807, 2.05) is 6.07 Å². The monoisotopic (exact) mass is 365 g/mol. The van der Waals surface area contributed by atoms with Crippen molar-refractivity contribution >= 4 is 5.82 Å². The van der Waals surface area contributed by atoms with Crippen LogP contribution < -0.4 is 9.64 Å². The van der Waals surface area contributed by atoms with Gasteiger partial charge in [0, 0.05) is 36.6 Å². The van der Waals surface area contributed by atoms with Gasteiger partial charge in [-0.15, -0.1) is 0 Å². The van der Waals surface area contributed by atoms with E-state index in [1.165, 1.54) is 37.7 Å². The topological polar surface area (TPSA) is 47.5 Å². The fourth-order valence-corrected chi connectivity index (χ4v) is 4.57. The van der Waals surface area contributed by atoms with E-state index in [9.17, 15) is 0 Å². The number of rotatable bonds is 2. The van der Waals surface area contributed by atoms with Crippen molar-refractivity contribution in [1.29, 1.82) is 0 Å². The molecule has 1 aromatic carbocycles. The first-order valence-corrected chi connectivity index (χ1v) is 10.4. The summed E-state index contributed by atoms with van der Waals surface area (Å²) in [7, 11) is 0. The Morgan fingerprint density at radius 1 is 0.926 bits per heavy atom. The number of benzene rings is 1. The molecule has 0 amide bonds. The largest absolute Gasteiger partial charge is 0.493 e. The normalized spacial score (nSPS) is 20.4.